The highest BCUT2D eigenvalue weighted by molar-refractivity contribution is 5.95. The van der Waals surface area contributed by atoms with Gasteiger partial charge in [-0.25, -0.2) is 5.43 Å². The van der Waals surface area contributed by atoms with E-state index in [1.807, 2.05) is 0 Å². The number of aromatic nitrogens is 1. The number of hydrogen-bond donors (Lipinski definition) is 1. The molecule has 0 bridgehead atoms. The average molecular weight is 293 g/mol. The lowest BCUT2D eigenvalue weighted by molar-refractivity contribution is 0.0955. The third-order valence-electron chi connectivity index (χ3n) is 3.02. The number of rotatable bonds is 3. The Balaban J connectivity index is 1.80. The number of fused-ring (bicyclic) bond motifs is 1. The van der Waals surface area contributed by atoms with E-state index in [0.717, 1.165) is 0 Å². The van der Waals surface area contributed by atoms with Crippen molar-refractivity contribution in [2.24, 2.45) is 5.10 Å². The van der Waals surface area contributed by atoms with Crippen LogP contribution in [-0.4, -0.2) is 17.1 Å². The summed E-state index contributed by atoms with van der Waals surface area (Å²) < 4.78 is 5.35. The van der Waals surface area contributed by atoms with Crippen LogP contribution in [0.2, 0.25) is 0 Å². The number of hydrazone groups is 1. The van der Waals surface area contributed by atoms with Crippen LogP contribution < -0.4 is 10.9 Å². The maximum atomic E-state index is 12.2. The highest BCUT2D eigenvalue weighted by atomic mass is 16.3. The first-order valence-electron chi connectivity index (χ1n) is 6.49. The van der Waals surface area contributed by atoms with Crippen molar-refractivity contribution in [3.05, 3.63) is 76.4 Å². The van der Waals surface area contributed by atoms with E-state index in [0.29, 0.717) is 16.5 Å². The third kappa shape index (κ3) is 2.76. The zero-order valence-corrected chi connectivity index (χ0v) is 11.4. The molecule has 2 heterocycles. The number of nitrogens with zero attached hydrogens (tertiary/aromatic N) is 2. The molecule has 2 aromatic heterocycles. The van der Waals surface area contributed by atoms with Crippen LogP contribution in [0, 0.1) is 0 Å². The van der Waals surface area contributed by atoms with Crippen molar-refractivity contribution >= 4 is 23.1 Å². The molecule has 0 fully saturated rings. The molecule has 1 aromatic carbocycles. The van der Waals surface area contributed by atoms with E-state index in [-0.39, 0.29) is 16.9 Å². The maximum absolute atomic E-state index is 12.2. The number of amides is 1. The fourth-order valence-corrected chi connectivity index (χ4v) is 1.91. The molecular formula is C16H11N3O3. The summed E-state index contributed by atoms with van der Waals surface area (Å²) in [6.07, 6.45) is 5.59. The first-order valence-corrected chi connectivity index (χ1v) is 6.49. The summed E-state index contributed by atoms with van der Waals surface area (Å²) in [5.41, 5.74) is 3.33. The fraction of sp³-hybridized carbons (Fsp3) is 0. The van der Waals surface area contributed by atoms with Gasteiger partial charge in [-0.2, -0.15) is 5.10 Å². The maximum Gasteiger partial charge on any atom is 0.271 e. The van der Waals surface area contributed by atoms with Crippen molar-refractivity contribution in [2.45, 2.75) is 0 Å². The molecule has 22 heavy (non-hydrogen) atoms. The molecule has 0 spiro atoms. The second-order valence-electron chi connectivity index (χ2n) is 4.45. The van der Waals surface area contributed by atoms with Gasteiger partial charge in [-0.05, 0) is 24.3 Å². The molecule has 1 N–H and O–H groups in total. The van der Waals surface area contributed by atoms with Crippen LogP contribution in [0.4, 0.5) is 0 Å². The first-order chi connectivity index (χ1) is 10.8. The van der Waals surface area contributed by atoms with Gasteiger partial charge in [0.2, 0.25) is 5.43 Å². The van der Waals surface area contributed by atoms with Gasteiger partial charge >= 0.3 is 0 Å². The zero-order chi connectivity index (χ0) is 15.4. The van der Waals surface area contributed by atoms with E-state index in [1.165, 1.54) is 24.9 Å². The van der Waals surface area contributed by atoms with Gasteiger partial charge in [0.05, 0.1) is 17.2 Å². The molecule has 0 unspecified atom stereocenters. The van der Waals surface area contributed by atoms with Crippen molar-refractivity contribution < 1.29 is 9.21 Å². The van der Waals surface area contributed by atoms with Crippen molar-refractivity contribution in [3.63, 3.8) is 0 Å². The SMILES string of the molecule is O=C(NN=Cc1coc2ccccc2c1=O)c1ccncc1. The van der Waals surface area contributed by atoms with E-state index < -0.39 is 0 Å². The topological polar surface area (TPSA) is 84.6 Å². The van der Waals surface area contributed by atoms with Crippen LogP contribution in [0.5, 0.6) is 0 Å². The number of benzene rings is 1. The van der Waals surface area contributed by atoms with E-state index >= 15 is 0 Å². The van der Waals surface area contributed by atoms with E-state index in [2.05, 4.69) is 15.5 Å². The van der Waals surface area contributed by atoms with Gasteiger partial charge in [0.1, 0.15) is 11.8 Å². The Morgan fingerprint density at radius 3 is 2.77 bits per heavy atom. The zero-order valence-electron chi connectivity index (χ0n) is 11.4. The Morgan fingerprint density at radius 1 is 1.18 bits per heavy atom. The average Bonchev–Trinajstić information content (AvgIpc) is 2.58. The summed E-state index contributed by atoms with van der Waals surface area (Å²) in [6, 6.07) is 10.1. The molecule has 6 nitrogen and oxygen atoms in total. The predicted molar refractivity (Wildman–Crippen MR) is 81.8 cm³/mol. The second kappa shape index (κ2) is 6.01. The smallest absolute Gasteiger partial charge is 0.271 e. The van der Waals surface area contributed by atoms with E-state index in [1.54, 1.807) is 36.4 Å². The van der Waals surface area contributed by atoms with E-state index in [9.17, 15) is 9.59 Å². The largest absolute Gasteiger partial charge is 0.463 e. The number of pyridine rings is 1. The van der Waals surface area contributed by atoms with Gasteiger partial charge in [-0.1, -0.05) is 12.1 Å². The third-order valence-corrected chi connectivity index (χ3v) is 3.02. The van der Waals surface area contributed by atoms with Gasteiger partial charge in [0.25, 0.3) is 5.91 Å². The summed E-state index contributed by atoms with van der Waals surface area (Å²) >= 11 is 0. The van der Waals surface area contributed by atoms with Gasteiger partial charge in [0, 0.05) is 18.0 Å². The molecule has 0 saturated carbocycles. The minimum atomic E-state index is -0.385. The molecule has 3 rings (SSSR count). The number of nitrogens with one attached hydrogen (secondary N) is 1. The lowest BCUT2D eigenvalue weighted by Gasteiger charge is -1.99. The van der Waals surface area contributed by atoms with Crippen LogP contribution in [0.3, 0.4) is 0 Å². The highest BCUT2D eigenvalue weighted by Gasteiger charge is 2.05. The molecule has 6 heteroatoms. The number of carbonyl (C=O) groups is 1. The normalized spacial score (nSPS) is 10.9. The van der Waals surface area contributed by atoms with Gasteiger partial charge in [0.15, 0.2) is 0 Å². The first kappa shape index (κ1) is 13.7. The van der Waals surface area contributed by atoms with Crippen molar-refractivity contribution in [1.29, 1.82) is 0 Å². The molecule has 0 aliphatic heterocycles. The minimum Gasteiger partial charge on any atom is -0.463 e. The molecule has 0 aliphatic rings. The second-order valence-corrected chi connectivity index (χ2v) is 4.45. The number of hydrogen-bond acceptors (Lipinski definition) is 5. The Labute approximate surface area is 125 Å². The lowest BCUT2D eigenvalue weighted by atomic mass is 10.2. The molecule has 0 atom stereocenters. The van der Waals surface area contributed by atoms with Gasteiger partial charge in [-0.15, -0.1) is 0 Å². The lowest BCUT2D eigenvalue weighted by Crippen LogP contribution is -2.18. The number of para-hydroxylation sites is 1. The summed E-state index contributed by atoms with van der Waals surface area (Å²) in [5, 5.41) is 4.25. The van der Waals surface area contributed by atoms with Crippen LogP contribution in [-0.2, 0) is 0 Å². The van der Waals surface area contributed by atoms with Gasteiger partial charge < -0.3 is 4.42 Å². The van der Waals surface area contributed by atoms with E-state index in [4.69, 9.17) is 4.42 Å². The summed E-state index contributed by atoms with van der Waals surface area (Å²) in [4.78, 5) is 27.8. The molecule has 1 amide bonds. The van der Waals surface area contributed by atoms with Crippen LogP contribution in [0.25, 0.3) is 11.0 Å². The van der Waals surface area contributed by atoms with Crippen molar-refractivity contribution in [2.75, 3.05) is 0 Å². The number of carbonyl (C=O) groups excluding carboxylic acids is 1. The Kier molecular flexibility index (Phi) is 3.74. The Hall–Kier alpha value is -3.28. The minimum absolute atomic E-state index is 0.205. The quantitative estimate of drug-likeness (QED) is 0.591. The molecular weight excluding hydrogens is 282 g/mol. The molecule has 0 saturated heterocycles. The molecule has 3 aromatic rings. The Morgan fingerprint density at radius 2 is 1.95 bits per heavy atom. The van der Waals surface area contributed by atoms with Crippen LogP contribution in [0.1, 0.15) is 15.9 Å². The summed E-state index contributed by atoms with van der Waals surface area (Å²) in [5.74, 6) is -0.385. The van der Waals surface area contributed by atoms with Crippen LogP contribution >= 0.6 is 0 Å². The van der Waals surface area contributed by atoms with Crippen molar-refractivity contribution in [1.82, 2.24) is 10.4 Å². The van der Waals surface area contributed by atoms with Crippen LogP contribution in [0.15, 0.2) is 69.4 Å². The Bertz CT molecular complexity index is 901. The summed E-state index contributed by atoms with van der Waals surface area (Å²) in [6.45, 7) is 0. The van der Waals surface area contributed by atoms with Crippen molar-refractivity contribution in [3.8, 4) is 0 Å². The monoisotopic (exact) mass is 293 g/mol. The predicted octanol–water partition coefficient (Wildman–Crippen LogP) is 1.95. The summed E-state index contributed by atoms with van der Waals surface area (Å²) in [7, 11) is 0. The highest BCUT2D eigenvalue weighted by Crippen LogP contribution is 2.09. The molecule has 108 valence electrons. The standard InChI is InChI=1S/C16H11N3O3/c20-15-12(10-22-14-4-2-1-3-13(14)15)9-18-19-16(21)11-5-7-17-8-6-11/h1-10H,(H,19,21). The van der Waals surface area contributed by atoms with Gasteiger partial charge in [-0.3, -0.25) is 14.6 Å². The fourth-order valence-electron chi connectivity index (χ4n) is 1.91. The molecule has 0 radical (unpaired) electrons. The molecule has 0 aliphatic carbocycles.